The largest absolute Gasteiger partial charge is 0.436 e. The monoisotopic (exact) mass is 1810 g/mol. The van der Waals surface area contributed by atoms with E-state index < -0.39 is 0 Å². The van der Waals surface area contributed by atoms with Crippen molar-refractivity contribution in [2.24, 2.45) is 0 Å². The van der Waals surface area contributed by atoms with Crippen molar-refractivity contribution in [2.45, 2.75) is 0 Å². The van der Waals surface area contributed by atoms with Crippen LogP contribution in [0.15, 0.2) is 486 Å². The van der Waals surface area contributed by atoms with Crippen LogP contribution in [0, 0.1) is 0 Å². The van der Waals surface area contributed by atoms with E-state index in [1.54, 1.807) is 0 Å². The molecule has 0 unspecified atom stereocenters. The van der Waals surface area contributed by atoms with Gasteiger partial charge < -0.3 is 13.3 Å². The maximum absolute atomic E-state index is 6.61. The second-order valence-corrected chi connectivity index (χ2v) is 34.5. The van der Waals surface area contributed by atoms with E-state index in [-0.39, 0.29) is 0 Å². The van der Waals surface area contributed by atoms with Gasteiger partial charge in [0.1, 0.15) is 16.6 Å². The van der Waals surface area contributed by atoms with E-state index in [2.05, 4.69) is 188 Å². The van der Waals surface area contributed by atoms with Crippen LogP contribution >= 0.6 is 0 Å². The van der Waals surface area contributed by atoms with Crippen LogP contribution in [0.25, 0.3) is 268 Å². The molecule has 0 spiro atoms. The lowest BCUT2D eigenvalue weighted by atomic mass is 9.92. The molecule has 0 aliphatic rings. The highest BCUT2D eigenvalue weighted by molar-refractivity contribution is 6.19. The summed E-state index contributed by atoms with van der Waals surface area (Å²) in [5.41, 5.74) is 21.0. The molecule has 6 aromatic heterocycles. The van der Waals surface area contributed by atoms with Gasteiger partial charge in [0.05, 0.1) is 0 Å². The number of nitrogens with zero attached hydrogens (tertiary/aromatic N) is 12. The van der Waals surface area contributed by atoms with E-state index >= 15 is 0 Å². The second-order valence-electron chi connectivity index (χ2n) is 34.5. The minimum atomic E-state index is 0.530. The molecule has 0 amide bonds. The molecule has 27 rings (SSSR count). The Morgan fingerprint density at radius 1 is 0.135 bits per heavy atom. The van der Waals surface area contributed by atoms with Crippen LogP contribution < -0.4 is 0 Å². The summed E-state index contributed by atoms with van der Waals surface area (Å²) >= 11 is 0. The minimum absolute atomic E-state index is 0.530. The summed E-state index contributed by atoms with van der Waals surface area (Å²) in [6.45, 7) is 0. The average Bonchev–Trinajstić information content (AvgIpc) is 1.71. The lowest BCUT2D eigenvalue weighted by molar-refractivity contribution is 0.619. The fourth-order valence-corrected chi connectivity index (χ4v) is 18.8. The fraction of sp³-hybridized carbons (Fsp3) is 0. The van der Waals surface area contributed by atoms with Gasteiger partial charge in [0.15, 0.2) is 69.2 Å². The summed E-state index contributed by atoms with van der Waals surface area (Å²) < 4.78 is 19.7. The smallest absolute Gasteiger partial charge is 0.227 e. The van der Waals surface area contributed by atoms with E-state index in [9.17, 15) is 0 Å². The molecule has 0 radical (unpaired) electrons. The molecular formula is C126H78N12O3. The van der Waals surface area contributed by atoms with E-state index in [0.29, 0.717) is 92.4 Å². The molecule has 21 aromatic carbocycles. The van der Waals surface area contributed by atoms with Crippen LogP contribution in [0.3, 0.4) is 0 Å². The fourth-order valence-electron chi connectivity index (χ4n) is 18.8. The quantitative estimate of drug-likeness (QED) is 0.0879. The topological polar surface area (TPSA) is 194 Å². The van der Waals surface area contributed by atoms with Crippen molar-refractivity contribution in [3.8, 4) is 170 Å². The summed E-state index contributed by atoms with van der Waals surface area (Å²) in [6, 6.07) is 161. The van der Waals surface area contributed by atoms with Crippen LogP contribution in [0.2, 0.25) is 0 Å². The molecule has 0 aliphatic heterocycles. The van der Waals surface area contributed by atoms with Gasteiger partial charge in [-0.2, -0.15) is 0 Å². The van der Waals surface area contributed by atoms with Crippen LogP contribution in [-0.4, -0.2) is 59.8 Å². The van der Waals surface area contributed by atoms with Crippen molar-refractivity contribution in [1.82, 2.24) is 59.8 Å². The highest BCUT2D eigenvalue weighted by Gasteiger charge is 2.27. The first-order valence-electron chi connectivity index (χ1n) is 46.7. The van der Waals surface area contributed by atoms with E-state index in [4.69, 9.17) is 73.1 Å². The summed E-state index contributed by atoms with van der Waals surface area (Å²) in [7, 11) is 0. The van der Waals surface area contributed by atoms with Gasteiger partial charge in [-0.25, -0.2) is 59.8 Å². The molecule has 0 N–H and O–H groups in total. The van der Waals surface area contributed by atoms with Crippen molar-refractivity contribution in [3.63, 3.8) is 0 Å². The highest BCUT2D eigenvalue weighted by atomic mass is 16.4. The van der Waals surface area contributed by atoms with Crippen molar-refractivity contribution in [3.05, 3.63) is 473 Å². The zero-order valence-electron chi connectivity index (χ0n) is 75.6. The number of rotatable bonds is 15. The highest BCUT2D eigenvalue weighted by Crippen LogP contribution is 2.47. The molecule has 0 aliphatic carbocycles. The Balaban J connectivity index is 0.000000111. The van der Waals surface area contributed by atoms with Gasteiger partial charge in [-0.3, -0.25) is 0 Å². The van der Waals surface area contributed by atoms with Gasteiger partial charge in [-0.1, -0.05) is 382 Å². The first-order chi connectivity index (χ1) is 69.8. The molecule has 15 nitrogen and oxygen atoms in total. The Morgan fingerprint density at radius 2 is 0.376 bits per heavy atom. The molecule has 0 atom stereocenters. The van der Waals surface area contributed by atoms with E-state index in [1.807, 2.05) is 285 Å². The number of aromatic nitrogens is 12. The molecule has 0 fully saturated rings. The summed E-state index contributed by atoms with van der Waals surface area (Å²) in [6.07, 6.45) is 0. The van der Waals surface area contributed by atoms with Crippen LogP contribution in [-0.2, 0) is 0 Å². The van der Waals surface area contributed by atoms with Gasteiger partial charge in [0.25, 0.3) is 0 Å². The normalized spacial score (nSPS) is 11.4. The minimum Gasteiger partial charge on any atom is -0.436 e. The Hall–Kier alpha value is -19.4. The zero-order chi connectivity index (χ0) is 93.5. The maximum atomic E-state index is 6.61. The molecule has 660 valence electrons. The third-order valence-corrected chi connectivity index (χ3v) is 25.6. The Morgan fingerprint density at radius 3 is 0.730 bits per heavy atom. The molecular weight excluding hydrogens is 1730 g/mol. The molecule has 141 heavy (non-hydrogen) atoms. The van der Waals surface area contributed by atoms with E-state index in [1.165, 1.54) is 37.7 Å². The third kappa shape index (κ3) is 16.3. The first-order valence-corrected chi connectivity index (χ1v) is 46.7. The molecule has 0 bridgehead atoms. The summed E-state index contributed by atoms with van der Waals surface area (Å²) in [5, 5.41) is 14.1. The Bertz CT molecular complexity index is 8870. The lowest BCUT2D eigenvalue weighted by Gasteiger charge is -2.13. The van der Waals surface area contributed by atoms with Gasteiger partial charge in [0, 0.05) is 77.9 Å². The van der Waals surface area contributed by atoms with Crippen molar-refractivity contribution < 1.29 is 13.3 Å². The molecule has 0 saturated carbocycles. The van der Waals surface area contributed by atoms with E-state index in [0.717, 1.165) is 138 Å². The maximum Gasteiger partial charge on any atom is 0.227 e. The predicted octanol–water partition coefficient (Wildman–Crippen LogP) is 32.0. The molecule has 27 aromatic rings. The SMILES string of the molecule is c1ccc(-c2nc(-c3ccccc3)nc(-c3cc(-c4cc5ccccc5c5ccccc45)c4nc(-c5ccccc5)oc4c3)n2)cc1.c1ccc(-c2nc(-c3ccccc3)nc(-c3cc(-c4cc5ccccc5c5ccccc45)c4oc(-c5ccccc5)nc4c3)n2)cc1.c1ccc(-c2nc(-c3ccccc3)nc(-c3cc(-c4cc5ccccc5c5ccccc45)cc4oc(-c5ccccc5)nc34)n2)cc1. The number of benzene rings is 21. The predicted molar refractivity (Wildman–Crippen MR) is 569 cm³/mol. The van der Waals surface area contributed by atoms with Crippen LogP contribution in [0.4, 0.5) is 0 Å². The second kappa shape index (κ2) is 36.4. The van der Waals surface area contributed by atoms with Crippen molar-refractivity contribution in [1.29, 1.82) is 0 Å². The Kier molecular flexibility index (Phi) is 21.6. The zero-order valence-corrected chi connectivity index (χ0v) is 75.6. The number of fused-ring (bicyclic) bond motifs is 12. The number of hydrogen-bond acceptors (Lipinski definition) is 15. The molecule has 0 saturated heterocycles. The third-order valence-electron chi connectivity index (χ3n) is 25.6. The average molecular weight is 1810 g/mol. The van der Waals surface area contributed by atoms with Crippen molar-refractivity contribution in [2.75, 3.05) is 0 Å². The summed E-state index contributed by atoms with van der Waals surface area (Å²) in [5.74, 6) is 6.94. The summed E-state index contributed by atoms with van der Waals surface area (Å²) in [4.78, 5) is 60.2. The van der Waals surface area contributed by atoms with Gasteiger partial charge in [-0.05, 0) is 178 Å². The standard InChI is InChI=1S/3C42H26N4O/c1-4-14-27(15-5-1)39-44-40(28-16-6-2-7-17-28)46-41(45-39)31-25-36(38-37(26-31)47-42(43-38)29-18-8-3-9-19-29)35-24-30-20-10-11-21-32(30)33-22-12-13-23-34(33)35;1-4-14-27(15-5-1)39-44-40(28-16-6-2-7-17-28)46-41(45-39)31-25-36(38-37(26-31)43-42(47-38)29-18-8-3-9-19-29)35-24-30-20-10-11-21-32(30)33-22-12-13-23-34(33)35;1-4-14-27(15-5-1)39-44-40(28-16-6-2-7-17-28)46-41(45-39)36-25-31(26-37-38(36)43-42(47-37)29-18-8-3-9-19-29)35-24-30-20-10-11-21-32(30)33-22-12-13-23-34(33)35/h3*1-26H. The number of oxazole rings is 3. The lowest BCUT2D eigenvalue weighted by Crippen LogP contribution is -2.00. The van der Waals surface area contributed by atoms with Crippen molar-refractivity contribution >= 4 is 97.9 Å². The number of hydrogen-bond donors (Lipinski definition) is 0. The van der Waals surface area contributed by atoms with Gasteiger partial charge in [-0.15, -0.1) is 0 Å². The molecule has 15 heteroatoms. The van der Waals surface area contributed by atoms with Crippen LogP contribution in [0.1, 0.15) is 0 Å². The first kappa shape index (κ1) is 83.4. The Labute approximate surface area is 809 Å². The van der Waals surface area contributed by atoms with Gasteiger partial charge >= 0.3 is 0 Å². The van der Waals surface area contributed by atoms with Gasteiger partial charge in [0.2, 0.25) is 17.7 Å². The molecule has 6 heterocycles. The van der Waals surface area contributed by atoms with Crippen LogP contribution in [0.5, 0.6) is 0 Å².